The van der Waals surface area contributed by atoms with Crippen LogP contribution in [0.15, 0.2) is 24.4 Å². The van der Waals surface area contributed by atoms with Gasteiger partial charge >= 0.3 is 5.97 Å². The monoisotopic (exact) mass is 299 g/mol. The summed E-state index contributed by atoms with van der Waals surface area (Å²) in [5.41, 5.74) is 2.36. The van der Waals surface area contributed by atoms with Crippen LogP contribution in [0.3, 0.4) is 0 Å². The van der Waals surface area contributed by atoms with Gasteiger partial charge in [-0.1, -0.05) is 17.7 Å². The summed E-state index contributed by atoms with van der Waals surface area (Å²) in [7, 11) is 1.77. The molecule has 0 aliphatic carbocycles. The van der Waals surface area contributed by atoms with Crippen LogP contribution in [0.2, 0.25) is 0 Å². The van der Waals surface area contributed by atoms with Gasteiger partial charge in [0.2, 0.25) is 0 Å². The molecule has 1 N–H and O–H groups in total. The van der Waals surface area contributed by atoms with Crippen molar-refractivity contribution in [3.63, 3.8) is 0 Å². The van der Waals surface area contributed by atoms with Crippen LogP contribution in [0.5, 0.6) is 0 Å². The zero-order chi connectivity index (χ0) is 15.7. The number of carboxylic acid groups (broad SMARTS) is 1. The topological polar surface area (TPSA) is 56.7 Å². The van der Waals surface area contributed by atoms with Gasteiger partial charge < -0.3 is 14.9 Å². The Balaban J connectivity index is 2.12. The second kappa shape index (κ2) is 5.83. The molecule has 1 fully saturated rings. The van der Waals surface area contributed by atoms with Crippen LogP contribution in [-0.2, 0) is 4.79 Å². The number of pyridine rings is 1. The van der Waals surface area contributed by atoms with Crippen LogP contribution in [0, 0.1) is 6.92 Å². The standard InChI is InChI=1S/C17H21N3O2/c1-12-5-6-13-14(9-12)15(20-7-3-4-8-20)10-18-17(13)19(2)11-16(21)22/h5-6,9-10H,3-4,7-8,11H2,1-2H3,(H,21,22). The SMILES string of the molecule is Cc1ccc2c(N(C)CC(=O)O)ncc(N3CCCC3)c2c1. The van der Waals surface area contributed by atoms with Crippen molar-refractivity contribution in [3.05, 3.63) is 30.0 Å². The Morgan fingerprint density at radius 1 is 1.32 bits per heavy atom. The molecule has 0 atom stereocenters. The minimum absolute atomic E-state index is 0.0565. The summed E-state index contributed by atoms with van der Waals surface area (Å²) >= 11 is 0. The first-order valence-corrected chi connectivity index (χ1v) is 7.63. The van der Waals surface area contributed by atoms with E-state index in [-0.39, 0.29) is 6.54 Å². The molecule has 0 bridgehead atoms. The lowest BCUT2D eigenvalue weighted by Gasteiger charge is -2.23. The van der Waals surface area contributed by atoms with Crippen LogP contribution in [-0.4, -0.2) is 42.7 Å². The average Bonchev–Trinajstić information content (AvgIpc) is 2.99. The highest BCUT2D eigenvalue weighted by Gasteiger charge is 2.18. The van der Waals surface area contributed by atoms with Crippen molar-refractivity contribution in [2.45, 2.75) is 19.8 Å². The van der Waals surface area contributed by atoms with Gasteiger partial charge in [0, 0.05) is 30.9 Å². The number of nitrogens with zero attached hydrogens (tertiary/aromatic N) is 3. The smallest absolute Gasteiger partial charge is 0.323 e. The zero-order valence-corrected chi connectivity index (χ0v) is 13.0. The van der Waals surface area contributed by atoms with E-state index in [9.17, 15) is 4.79 Å². The number of hydrogen-bond acceptors (Lipinski definition) is 4. The van der Waals surface area contributed by atoms with Gasteiger partial charge in [-0.3, -0.25) is 4.79 Å². The van der Waals surface area contributed by atoms with E-state index in [0.29, 0.717) is 0 Å². The van der Waals surface area contributed by atoms with Gasteiger partial charge in [-0.05, 0) is 25.8 Å². The van der Waals surface area contributed by atoms with E-state index in [1.54, 1.807) is 11.9 Å². The van der Waals surface area contributed by atoms with Gasteiger partial charge in [0.25, 0.3) is 0 Å². The molecule has 1 aliphatic rings. The summed E-state index contributed by atoms with van der Waals surface area (Å²) in [5, 5.41) is 11.2. The molecular weight excluding hydrogens is 278 g/mol. The average molecular weight is 299 g/mol. The van der Waals surface area contributed by atoms with Gasteiger partial charge in [-0.15, -0.1) is 0 Å². The van der Waals surface area contributed by atoms with Crippen LogP contribution in [0.25, 0.3) is 10.8 Å². The lowest BCUT2D eigenvalue weighted by atomic mass is 10.1. The van der Waals surface area contributed by atoms with E-state index in [1.807, 2.05) is 12.3 Å². The van der Waals surface area contributed by atoms with Gasteiger partial charge in [0.15, 0.2) is 0 Å². The van der Waals surface area contributed by atoms with Crippen LogP contribution >= 0.6 is 0 Å². The summed E-state index contributed by atoms with van der Waals surface area (Å²) in [5.74, 6) is -0.131. The van der Waals surface area contributed by atoms with Crippen molar-refractivity contribution in [2.24, 2.45) is 0 Å². The fourth-order valence-corrected chi connectivity index (χ4v) is 3.12. The molecule has 0 radical (unpaired) electrons. The highest BCUT2D eigenvalue weighted by molar-refractivity contribution is 6.01. The first-order chi connectivity index (χ1) is 10.6. The van der Waals surface area contributed by atoms with Gasteiger partial charge in [0.1, 0.15) is 12.4 Å². The molecule has 1 aliphatic heterocycles. The molecule has 2 aromatic rings. The lowest BCUT2D eigenvalue weighted by Crippen LogP contribution is -2.26. The number of aryl methyl sites for hydroxylation is 1. The number of anilines is 2. The molecule has 0 saturated carbocycles. The normalized spacial score (nSPS) is 14.5. The molecule has 1 saturated heterocycles. The quantitative estimate of drug-likeness (QED) is 0.940. The molecule has 0 unspecified atom stereocenters. The first-order valence-electron chi connectivity index (χ1n) is 7.63. The molecule has 3 rings (SSSR count). The minimum atomic E-state index is -0.854. The molecule has 2 heterocycles. The summed E-state index contributed by atoms with van der Waals surface area (Å²) in [6.45, 7) is 4.15. The van der Waals surface area contributed by atoms with E-state index in [0.717, 1.165) is 35.4 Å². The third-order valence-corrected chi connectivity index (χ3v) is 4.18. The summed E-state index contributed by atoms with van der Waals surface area (Å²) in [6.07, 6.45) is 4.32. The number of rotatable bonds is 4. The highest BCUT2D eigenvalue weighted by Crippen LogP contribution is 2.34. The van der Waals surface area contributed by atoms with Crippen molar-refractivity contribution >= 4 is 28.2 Å². The minimum Gasteiger partial charge on any atom is -0.480 e. The first kappa shape index (κ1) is 14.6. The van der Waals surface area contributed by atoms with Crippen molar-refractivity contribution in [1.82, 2.24) is 4.98 Å². The van der Waals surface area contributed by atoms with E-state index in [2.05, 4.69) is 28.9 Å². The van der Waals surface area contributed by atoms with E-state index >= 15 is 0 Å². The maximum Gasteiger partial charge on any atom is 0.323 e. The van der Waals surface area contributed by atoms with Gasteiger partial charge in [0.05, 0.1) is 11.9 Å². The van der Waals surface area contributed by atoms with Gasteiger partial charge in [-0.2, -0.15) is 0 Å². The summed E-state index contributed by atoms with van der Waals surface area (Å²) in [6, 6.07) is 6.27. The lowest BCUT2D eigenvalue weighted by molar-refractivity contribution is -0.135. The van der Waals surface area contributed by atoms with Crippen LogP contribution in [0.1, 0.15) is 18.4 Å². The maximum atomic E-state index is 11.0. The molecule has 0 amide bonds. The third kappa shape index (κ3) is 2.71. The Kier molecular flexibility index (Phi) is 3.88. The number of fused-ring (bicyclic) bond motifs is 1. The number of hydrogen-bond donors (Lipinski definition) is 1. The van der Waals surface area contributed by atoms with Crippen molar-refractivity contribution in [1.29, 1.82) is 0 Å². The maximum absolute atomic E-state index is 11.0. The Labute approximate surface area is 130 Å². The van der Waals surface area contributed by atoms with E-state index in [4.69, 9.17) is 5.11 Å². The number of carboxylic acids is 1. The zero-order valence-electron chi connectivity index (χ0n) is 13.0. The molecule has 116 valence electrons. The Morgan fingerprint density at radius 2 is 2.05 bits per heavy atom. The van der Waals surface area contributed by atoms with E-state index in [1.165, 1.54) is 18.4 Å². The molecule has 5 nitrogen and oxygen atoms in total. The Bertz CT molecular complexity index is 708. The predicted octanol–water partition coefficient (Wildman–Crippen LogP) is 2.66. The van der Waals surface area contributed by atoms with Gasteiger partial charge in [-0.25, -0.2) is 4.98 Å². The number of benzene rings is 1. The molecule has 5 heteroatoms. The Morgan fingerprint density at radius 3 is 2.73 bits per heavy atom. The molecule has 1 aromatic heterocycles. The fourth-order valence-electron chi connectivity index (χ4n) is 3.12. The van der Waals surface area contributed by atoms with Crippen LogP contribution < -0.4 is 9.80 Å². The number of aliphatic carboxylic acids is 1. The molecule has 22 heavy (non-hydrogen) atoms. The largest absolute Gasteiger partial charge is 0.480 e. The van der Waals surface area contributed by atoms with Crippen molar-refractivity contribution in [3.8, 4) is 0 Å². The highest BCUT2D eigenvalue weighted by atomic mass is 16.4. The molecule has 0 spiro atoms. The second-order valence-electron chi connectivity index (χ2n) is 5.96. The third-order valence-electron chi connectivity index (χ3n) is 4.18. The predicted molar refractivity (Wildman–Crippen MR) is 88.8 cm³/mol. The van der Waals surface area contributed by atoms with E-state index < -0.39 is 5.97 Å². The number of likely N-dealkylation sites (N-methyl/N-ethyl adjacent to an activating group) is 1. The fraction of sp³-hybridized carbons (Fsp3) is 0.412. The van der Waals surface area contributed by atoms with Crippen molar-refractivity contribution in [2.75, 3.05) is 36.5 Å². The van der Waals surface area contributed by atoms with Crippen molar-refractivity contribution < 1.29 is 9.90 Å². The number of carbonyl (C=O) groups is 1. The van der Waals surface area contributed by atoms with Crippen LogP contribution in [0.4, 0.5) is 11.5 Å². The summed E-state index contributed by atoms with van der Waals surface area (Å²) in [4.78, 5) is 19.6. The second-order valence-corrected chi connectivity index (χ2v) is 5.96. The number of aromatic nitrogens is 1. The summed E-state index contributed by atoms with van der Waals surface area (Å²) < 4.78 is 0. The molecule has 1 aromatic carbocycles. The molecular formula is C17H21N3O2. The Hall–Kier alpha value is -2.30.